The lowest BCUT2D eigenvalue weighted by atomic mass is 9.99. The standard InChI is InChI=1S/C6H13BO4P/c1-11-6(2-4-7)3-5-12(8,9)10/h3,5-6,8-10H,2,4H2,1H3/q+1/b5-3+. The lowest BCUT2D eigenvalue weighted by Gasteiger charge is -2.07. The number of methoxy groups -OCH3 is 1. The average molecular weight is 191 g/mol. The third-order valence-corrected chi connectivity index (χ3v) is 1.83. The second-order valence-electron chi connectivity index (χ2n) is 2.31. The van der Waals surface area contributed by atoms with E-state index in [1.165, 1.54) is 13.2 Å². The van der Waals surface area contributed by atoms with Gasteiger partial charge >= 0.3 is 7.94 Å². The van der Waals surface area contributed by atoms with E-state index in [2.05, 4.69) is 0 Å². The summed E-state index contributed by atoms with van der Waals surface area (Å²) in [6.45, 7) is 0. The molecule has 1 unspecified atom stereocenters. The van der Waals surface area contributed by atoms with Crippen LogP contribution in [0.5, 0.6) is 0 Å². The third kappa shape index (κ3) is 6.76. The molecule has 0 fully saturated rings. The average Bonchev–Trinajstić information content (AvgIpc) is 1.96. The Labute approximate surface area is 73.9 Å². The van der Waals surface area contributed by atoms with E-state index in [0.717, 1.165) is 5.82 Å². The third-order valence-electron chi connectivity index (χ3n) is 1.25. The van der Waals surface area contributed by atoms with E-state index < -0.39 is 7.94 Å². The topological polar surface area (TPSA) is 69.9 Å². The maximum absolute atomic E-state index is 8.58. The van der Waals surface area contributed by atoms with Crippen LogP contribution in [0.25, 0.3) is 0 Å². The predicted octanol–water partition coefficient (Wildman–Crippen LogP) is 0.231. The van der Waals surface area contributed by atoms with Crippen LogP contribution in [0.15, 0.2) is 11.9 Å². The van der Waals surface area contributed by atoms with Crippen molar-refractivity contribution in [2.24, 2.45) is 0 Å². The minimum absolute atomic E-state index is 0.277. The summed E-state index contributed by atoms with van der Waals surface area (Å²) >= 11 is 0. The lowest BCUT2D eigenvalue weighted by molar-refractivity contribution is 0.138. The van der Waals surface area contributed by atoms with Crippen LogP contribution in [0.2, 0.25) is 6.32 Å². The summed E-state index contributed by atoms with van der Waals surface area (Å²) in [6.07, 6.45) is 2.13. The summed E-state index contributed by atoms with van der Waals surface area (Å²) in [6, 6.07) is 0. The zero-order chi connectivity index (χ0) is 9.61. The number of hydrogen-bond donors (Lipinski definition) is 3. The molecule has 3 N–H and O–H groups in total. The van der Waals surface area contributed by atoms with Crippen molar-refractivity contribution in [1.82, 2.24) is 0 Å². The Bertz CT molecular complexity index is 145. The fraction of sp³-hybridized carbons (Fsp3) is 0.667. The van der Waals surface area contributed by atoms with Gasteiger partial charge in [-0.3, -0.25) is 0 Å². The summed E-state index contributed by atoms with van der Waals surface area (Å²) in [4.78, 5) is 25.7. The van der Waals surface area contributed by atoms with Gasteiger partial charge in [-0.2, -0.15) is 14.7 Å². The molecule has 2 radical (unpaired) electrons. The predicted molar refractivity (Wildman–Crippen MR) is 48.7 cm³/mol. The van der Waals surface area contributed by atoms with Crippen molar-refractivity contribution in [2.45, 2.75) is 18.8 Å². The second kappa shape index (κ2) is 5.67. The summed E-state index contributed by atoms with van der Waals surface area (Å²) in [5.74, 6) is 0.941. The van der Waals surface area contributed by atoms with E-state index in [-0.39, 0.29) is 6.10 Å². The molecule has 0 rings (SSSR count). The van der Waals surface area contributed by atoms with Gasteiger partial charge in [-0.1, -0.05) is 6.32 Å². The Morgan fingerprint density at radius 3 is 2.42 bits per heavy atom. The summed E-state index contributed by atoms with van der Waals surface area (Å²) in [5, 5.41) is 0. The van der Waals surface area contributed by atoms with E-state index in [4.69, 9.17) is 27.3 Å². The molecule has 0 aliphatic carbocycles. The van der Waals surface area contributed by atoms with E-state index >= 15 is 0 Å². The maximum Gasteiger partial charge on any atom is 0.433 e. The van der Waals surface area contributed by atoms with Crippen LogP contribution >= 0.6 is 7.94 Å². The van der Waals surface area contributed by atoms with Gasteiger partial charge in [0.15, 0.2) is 0 Å². The van der Waals surface area contributed by atoms with Crippen LogP contribution in [-0.4, -0.2) is 35.7 Å². The van der Waals surface area contributed by atoms with Gasteiger partial charge in [-0.05, 0) is 12.5 Å². The Morgan fingerprint density at radius 1 is 1.50 bits per heavy atom. The Kier molecular flexibility index (Phi) is 5.71. The highest BCUT2D eigenvalue weighted by atomic mass is 31.2. The van der Waals surface area contributed by atoms with Gasteiger partial charge in [-0.25, -0.2) is 0 Å². The molecule has 0 aromatic rings. The van der Waals surface area contributed by atoms with Crippen molar-refractivity contribution in [3.8, 4) is 0 Å². The number of rotatable bonds is 5. The minimum Gasteiger partial charge on any atom is -0.377 e. The zero-order valence-electron chi connectivity index (χ0n) is 6.92. The van der Waals surface area contributed by atoms with Crippen molar-refractivity contribution < 1.29 is 19.4 Å². The van der Waals surface area contributed by atoms with Gasteiger partial charge in [0.05, 0.1) is 14.0 Å². The highest BCUT2D eigenvalue weighted by molar-refractivity contribution is 7.61. The quantitative estimate of drug-likeness (QED) is 0.429. The largest absolute Gasteiger partial charge is 0.433 e. The molecule has 0 aromatic heterocycles. The molecule has 0 aliphatic rings. The van der Waals surface area contributed by atoms with Crippen LogP contribution < -0.4 is 0 Å². The zero-order valence-corrected chi connectivity index (χ0v) is 7.82. The van der Waals surface area contributed by atoms with Crippen molar-refractivity contribution >= 4 is 15.8 Å². The highest BCUT2D eigenvalue weighted by Crippen LogP contribution is 2.46. The SMILES string of the molecule is [B]CCC(/C=C/[P+](O)(O)O)OC. The Morgan fingerprint density at radius 2 is 2.08 bits per heavy atom. The van der Waals surface area contributed by atoms with Gasteiger partial charge in [0.25, 0.3) is 0 Å². The molecule has 68 valence electrons. The second-order valence-corrected chi connectivity index (χ2v) is 3.84. The van der Waals surface area contributed by atoms with Crippen LogP contribution in [0.1, 0.15) is 6.42 Å². The molecule has 1 atom stereocenters. The monoisotopic (exact) mass is 191 g/mol. The van der Waals surface area contributed by atoms with Crippen molar-refractivity contribution in [2.75, 3.05) is 7.11 Å². The molecule has 0 aromatic carbocycles. The first-order valence-corrected chi connectivity index (χ1v) is 5.20. The van der Waals surface area contributed by atoms with Crippen LogP contribution in [0, 0.1) is 0 Å². The fourth-order valence-corrected chi connectivity index (χ4v) is 1.09. The lowest BCUT2D eigenvalue weighted by Crippen LogP contribution is -2.06. The van der Waals surface area contributed by atoms with Gasteiger partial charge < -0.3 is 4.74 Å². The molecule has 0 bridgehead atoms. The number of ether oxygens (including phenoxy) is 1. The number of hydrogen-bond acceptors (Lipinski definition) is 4. The van der Waals surface area contributed by atoms with E-state index in [1.54, 1.807) is 0 Å². The molecular formula is C6H13BO4P+. The molecule has 0 saturated heterocycles. The first kappa shape index (κ1) is 12.1. The molecule has 12 heavy (non-hydrogen) atoms. The summed E-state index contributed by atoms with van der Waals surface area (Å²) in [7, 11) is 2.93. The first-order chi connectivity index (χ1) is 5.49. The van der Waals surface area contributed by atoms with Crippen molar-refractivity contribution in [3.63, 3.8) is 0 Å². The van der Waals surface area contributed by atoms with Crippen LogP contribution in [-0.2, 0) is 4.74 Å². The fourth-order valence-electron chi connectivity index (χ4n) is 0.668. The first-order valence-electron chi connectivity index (χ1n) is 3.49. The van der Waals surface area contributed by atoms with Gasteiger partial charge in [-0.15, -0.1) is 0 Å². The Hall–Kier alpha value is 0.0749. The van der Waals surface area contributed by atoms with Gasteiger partial charge in [0.1, 0.15) is 5.82 Å². The smallest absolute Gasteiger partial charge is 0.377 e. The molecule has 4 nitrogen and oxygen atoms in total. The van der Waals surface area contributed by atoms with E-state index in [1.807, 2.05) is 0 Å². The van der Waals surface area contributed by atoms with E-state index in [9.17, 15) is 0 Å². The van der Waals surface area contributed by atoms with Gasteiger partial charge in [0.2, 0.25) is 0 Å². The van der Waals surface area contributed by atoms with E-state index in [0.29, 0.717) is 12.7 Å². The van der Waals surface area contributed by atoms with Crippen LogP contribution in [0.4, 0.5) is 0 Å². The Balaban J connectivity index is 3.92. The summed E-state index contributed by atoms with van der Waals surface area (Å²) < 4.78 is 4.90. The van der Waals surface area contributed by atoms with Crippen molar-refractivity contribution in [3.05, 3.63) is 11.9 Å². The van der Waals surface area contributed by atoms with Gasteiger partial charge in [0, 0.05) is 7.11 Å². The molecule has 6 heteroatoms. The molecule has 0 aliphatic heterocycles. The normalized spacial score (nSPS) is 15.3. The minimum atomic E-state index is -3.81. The maximum atomic E-state index is 8.58. The van der Waals surface area contributed by atoms with Crippen molar-refractivity contribution in [1.29, 1.82) is 0 Å². The summed E-state index contributed by atoms with van der Waals surface area (Å²) in [5.41, 5.74) is 0. The van der Waals surface area contributed by atoms with Crippen LogP contribution in [0.3, 0.4) is 0 Å². The molecule has 0 saturated carbocycles. The molecule has 0 spiro atoms. The molecule has 0 amide bonds. The highest BCUT2D eigenvalue weighted by Gasteiger charge is 2.25. The molecular weight excluding hydrogens is 178 g/mol. The molecule has 0 heterocycles.